The van der Waals surface area contributed by atoms with Crippen molar-refractivity contribution in [1.29, 1.82) is 0 Å². The van der Waals surface area contributed by atoms with Crippen LogP contribution in [0.5, 0.6) is 0 Å². The highest BCUT2D eigenvalue weighted by Gasteiger charge is 2.78. The summed E-state index contributed by atoms with van der Waals surface area (Å²) in [5.41, 5.74) is -2.07. The molecule has 1 spiro atoms. The summed E-state index contributed by atoms with van der Waals surface area (Å²) in [6.45, 7) is 6.77. The number of esters is 2. The molecule has 2 heterocycles. The van der Waals surface area contributed by atoms with Crippen LogP contribution in [0, 0.1) is 57.2 Å². The Kier molecular flexibility index (Phi) is 13.0. The van der Waals surface area contributed by atoms with E-state index in [2.05, 4.69) is 74.2 Å². The van der Waals surface area contributed by atoms with E-state index in [9.17, 15) is 20.1 Å². The molecule has 2 aliphatic heterocycles. The Hall–Kier alpha value is -3.44. The molecule has 4 fully saturated rings. The smallest absolute Gasteiger partial charge is 0.331 e. The number of benzene rings is 2. The van der Waals surface area contributed by atoms with Crippen LogP contribution in [0.3, 0.4) is 0 Å². The summed E-state index contributed by atoms with van der Waals surface area (Å²) in [5.74, 6) is 7.09. The molecule has 4 saturated carbocycles. The maximum absolute atomic E-state index is 15.2. The van der Waals surface area contributed by atoms with E-state index >= 15 is 4.79 Å². The number of cyclic esters (lactones) is 1. The normalized spacial score (nSPS) is 37.2. The van der Waals surface area contributed by atoms with E-state index in [1.165, 1.54) is 17.2 Å². The lowest BCUT2D eigenvalue weighted by molar-refractivity contribution is -0.338. The van der Waals surface area contributed by atoms with Gasteiger partial charge in [0.1, 0.15) is 12.7 Å². The number of rotatable bonds is 14. The van der Waals surface area contributed by atoms with Gasteiger partial charge in [0, 0.05) is 24.8 Å². The summed E-state index contributed by atoms with van der Waals surface area (Å²) >= 11 is 0. The van der Waals surface area contributed by atoms with Crippen LogP contribution in [0.2, 0.25) is 0 Å². The molecule has 2 aromatic carbocycles. The van der Waals surface area contributed by atoms with E-state index in [0.29, 0.717) is 62.7 Å². The zero-order chi connectivity index (χ0) is 42.9. The van der Waals surface area contributed by atoms with Crippen molar-refractivity contribution in [2.24, 2.45) is 45.3 Å². The average Bonchev–Trinajstić information content (AvgIpc) is 3.96. The fourth-order valence-corrected chi connectivity index (χ4v) is 14.3. The SMILES string of the molecule is CC(CCCc1ccccc1)CCC(O)C12C(O)CCC(C)(C3CCCC3)C1C1CC(C)(C#CCC3(CCCC(Cc4ccccc4)C3)C(=O)O1)C2(O)CCC1=CC(=O)OC1. The van der Waals surface area contributed by atoms with Crippen LogP contribution < -0.4 is 0 Å². The third kappa shape index (κ3) is 8.28. The molecule has 8 rings (SSSR count). The van der Waals surface area contributed by atoms with Gasteiger partial charge in [0.2, 0.25) is 0 Å². The average molecular weight is 833 g/mol. The fourth-order valence-electron chi connectivity index (χ4n) is 14.3. The third-order valence-corrected chi connectivity index (χ3v) is 17.4. The van der Waals surface area contributed by atoms with Gasteiger partial charge in [0.05, 0.1) is 34.1 Å². The van der Waals surface area contributed by atoms with Crippen LogP contribution in [-0.2, 0) is 31.9 Å². The predicted molar refractivity (Wildman–Crippen MR) is 238 cm³/mol. The van der Waals surface area contributed by atoms with Gasteiger partial charge in [-0.1, -0.05) is 113 Å². The maximum atomic E-state index is 15.2. The molecule has 11 atom stereocenters. The van der Waals surface area contributed by atoms with Crippen molar-refractivity contribution in [3.63, 3.8) is 0 Å². The third-order valence-electron chi connectivity index (χ3n) is 17.4. The first-order valence-corrected chi connectivity index (χ1v) is 24.1. The Bertz CT molecular complexity index is 1940. The minimum Gasteiger partial charge on any atom is -0.462 e. The highest BCUT2D eigenvalue weighted by molar-refractivity contribution is 5.85. The highest BCUT2D eigenvalue weighted by Crippen LogP contribution is 2.72. The molecule has 0 saturated heterocycles. The summed E-state index contributed by atoms with van der Waals surface area (Å²) in [6, 6.07) is 21.1. The Morgan fingerprint density at radius 3 is 2.28 bits per heavy atom. The van der Waals surface area contributed by atoms with E-state index in [0.717, 1.165) is 82.6 Å². The lowest BCUT2D eigenvalue weighted by Crippen LogP contribution is -2.79. The van der Waals surface area contributed by atoms with Crippen LogP contribution in [-0.4, -0.2) is 57.8 Å². The molecule has 11 unspecified atom stereocenters. The van der Waals surface area contributed by atoms with Crippen molar-refractivity contribution >= 4 is 11.9 Å². The molecule has 0 radical (unpaired) electrons. The first-order chi connectivity index (χ1) is 29.3. The Labute approximate surface area is 365 Å². The quantitative estimate of drug-likeness (QED) is 0.128. The zero-order valence-corrected chi connectivity index (χ0v) is 37.2. The minimum absolute atomic E-state index is 0.173. The van der Waals surface area contributed by atoms with Crippen LogP contribution >= 0.6 is 0 Å². The van der Waals surface area contributed by atoms with Crippen molar-refractivity contribution in [2.75, 3.05) is 6.61 Å². The minimum atomic E-state index is -1.69. The molecular weight excluding hydrogens is 761 g/mol. The van der Waals surface area contributed by atoms with Gasteiger partial charge in [-0.25, -0.2) is 4.79 Å². The number of fused-ring (bicyclic) bond motifs is 4. The first kappa shape index (κ1) is 44.2. The molecule has 330 valence electrons. The fraction of sp³-hybridized carbons (Fsp3) is 0.667. The number of aryl methyl sites for hydroxylation is 1. The lowest BCUT2D eigenvalue weighted by Gasteiger charge is -2.71. The summed E-state index contributed by atoms with van der Waals surface area (Å²) in [6.07, 6.45) is 14.0. The molecule has 3 N–H and O–H groups in total. The maximum Gasteiger partial charge on any atom is 0.331 e. The number of hydrogen-bond acceptors (Lipinski definition) is 7. The van der Waals surface area contributed by atoms with Crippen molar-refractivity contribution in [2.45, 2.75) is 173 Å². The molecular formula is C54H72O7. The summed E-state index contributed by atoms with van der Waals surface area (Å²) in [5, 5.41) is 40.5. The first-order valence-electron chi connectivity index (χ1n) is 24.1. The standard InChI is InChI=1S/C54H72O7/c1-38(15-12-20-39-16-6-4-7-17-39)24-25-45(55)54-46(56)27-31-51(3,43-22-10-11-23-43)48(54)44-36-50(2,53(54,59)32-26-42-34-47(57)60-37-42)28-14-30-52(49(58)61-44)29-13-21-41(35-52)33-40-18-8-5-9-19-40/h4-9,16-19,34,38,41,43-46,48,55-56,59H,10-13,15,20-27,29-33,35-37H2,1-3H3. The molecule has 7 heteroatoms. The van der Waals surface area contributed by atoms with Crippen molar-refractivity contribution in [3.8, 4) is 11.8 Å². The topological polar surface area (TPSA) is 113 Å². The second-order valence-electron chi connectivity index (χ2n) is 21.2. The lowest BCUT2D eigenvalue weighted by atomic mass is 9.35. The Morgan fingerprint density at radius 2 is 1.57 bits per heavy atom. The van der Waals surface area contributed by atoms with E-state index < -0.39 is 51.5 Å². The van der Waals surface area contributed by atoms with Gasteiger partial charge in [0.25, 0.3) is 0 Å². The number of hydrogen-bond donors (Lipinski definition) is 3. The van der Waals surface area contributed by atoms with Gasteiger partial charge in [-0.15, -0.1) is 5.92 Å². The predicted octanol–water partition coefficient (Wildman–Crippen LogP) is 9.88. The van der Waals surface area contributed by atoms with Crippen molar-refractivity contribution in [3.05, 3.63) is 83.4 Å². The molecule has 2 bridgehead atoms. The molecule has 2 aromatic rings. The molecule has 7 nitrogen and oxygen atoms in total. The molecule has 0 amide bonds. The number of aliphatic hydroxyl groups is 3. The van der Waals surface area contributed by atoms with Gasteiger partial charge in [-0.3, -0.25) is 4.79 Å². The van der Waals surface area contributed by atoms with Gasteiger partial charge in [-0.2, -0.15) is 0 Å². The Balaban J connectivity index is 1.19. The number of aliphatic hydroxyl groups excluding tert-OH is 2. The van der Waals surface area contributed by atoms with E-state index in [1.807, 2.05) is 19.1 Å². The molecule has 61 heavy (non-hydrogen) atoms. The van der Waals surface area contributed by atoms with Crippen LogP contribution in [0.25, 0.3) is 0 Å². The van der Waals surface area contributed by atoms with Crippen molar-refractivity contribution in [1.82, 2.24) is 0 Å². The second-order valence-corrected chi connectivity index (χ2v) is 21.2. The summed E-state index contributed by atoms with van der Waals surface area (Å²) in [4.78, 5) is 27.6. The van der Waals surface area contributed by atoms with Gasteiger partial charge < -0.3 is 24.8 Å². The number of carbonyl (C=O) groups excluding carboxylic acids is 2. The molecule has 4 aliphatic carbocycles. The van der Waals surface area contributed by atoms with E-state index in [4.69, 9.17) is 9.47 Å². The second kappa shape index (κ2) is 18.0. The summed E-state index contributed by atoms with van der Waals surface area (Å²) in [7, 11) is 0. The largest absolute Gasteiger partial charge is 0.462 e. The number of ether oxygens (including phenoxy) is 2. The van der Waals surface area contributed by atoms with Gasteiger partial charge >= 0.3 is 11.9 Å². The van der Waals surface area contributed by atoms with E-state index in [1.54, 1.807) is 0 Å². The molecule has 6 aliphatic rings. The molecule has 0 aromatic heterocycles. The van der Waals surface area contributed by atoms with Crippen molar-refractivity contribution < 1.29 is 34.4 Å². The zero-order valence-electron chi connectivity index (χ0n) is 37.2. The number of carbonyl (C=O) groups is 2. The van der Waals surface area contributed by atoms with Crippen LogP contribution in [0.1, 0.15) is 147 Å². The van der Waals surface area contributed by atoms with Crippen LogP contribution in [0.4, 0.5) is 0 Å². The van der Waals surface area contributed by atoms with Crippen LogP contribution in [0.15, 0.2) is 72.3 Å². The monoisotopic (exact) mass is 833 g/mol. The Morgan fingerprint density at radius 1 is 0.852 bits per heavy atom. The highest BCUT2D eigenvalue weighted by atomic mass is 16.5. The van der Waals surface area contributed by atoms with Gasteiger partial charge in [0.15, 0.2) is 0 Å². The summed E-state index contributed by atoms with van der Waals surface area (Å²) < 4.78 is 12.5. The van der Waals surface area contributed by atoms with Gasteiger partial charge in [-0.05, 0) is 130 Å². The van der Waals surface area contributed by atoms with E-state index in [-0.39, 0.29) is 25.0 Å².